The number of nitrogens with two attached hydrogens (primary N) is 1. The standard InChI is InChI=1S/C13H12BrN3OS/c14-11-5-9(6-15)1-2-12(11)18-8-10-7-17-3-4-19-13(17)16-10/h1-5,7H,6,8,15H2. The van der Waals surface area contributed by atoms with Crippen LogP contribution in [-0.2, 0) is 13.2 Å². The molecule has 0 radical (unpaired) electrons. The molecule has 0 aliphatic carbocycles. The number of fused-ring (bicyclic) bond motifs is 1. The predicted molar refractivity (Wildman–Crippen MR) is 79.4 cm³/mol. The Balaban J connectivity index is 1.73. The molecular weight excluding hydrogens is 326 g/mol. The quantitative estimate of drug-likeness (QED) is 0.795. The fourth-order valence-corrected chi connectivity index (χ4v) is 3.05. The highest BCUT2D eigenvalue weighted by Gasteiger charge is 2.06. The Labute approximate surface area is 123 Å². The molecule has 1 aromatic carbocycles. The van der Waals surface area contributed by atoms with E-state index in [-0.39, 0.29) is 0 Å². The highest BCUT2D eigenvalue weighted by Crippen LogP contribution is 2.26. The number of thiazole rings is 1. The molecule has 0 saturated heterocycles. The van der Waals surface area contributed by atoms with Gasteiger partial charge in [0.2, 0.25) is 0 Å². The molecule has 0 spiro atoms. The first-order valence-electron chi connectivity index (χ1n) is 5.78. The van der Waals surface area contributed by atoms with Gasteiger partial charge in [-0.15, -0.1) is 11.3 Å². The average molecular weight is 338 g/mol. The molecule has 0 amide bonds. The van der Waals surface area contributed by atoms with Crippen LogP contribution in [0.3, 0.4) is 0 Å². The number of ether oxygens (including phenoxy) is 1. The minimum atomic E-state index is 0.453. The Kier molecular flexibility index (Phi) is 3.54. The van der Waals surface area contributed by atoms with Gasteiger partial charge in [0.15, 0.2) is 4.96 Å². The zero-order chi connectivity index (χ0) is 13.2. The van der Waals surface area contributed by atoms with Crippen LogP contribution in [-0.4, -0.2) is 9.38 Å². The molecule has 2 heterocycles. The second kappa shape index (κ2) is 5.32. The van der Waals surface area contributed by atoms with E-state index >= 15 is 0 Å². The lowest BCUT2D eigenvalue weighted by Crippen LogP contribution is -1.99. The van der Waals surface area contributed by atoms with E-state index in [1.807, 2.05) is 40.4 Å². The van der Waals surface area contributed by atoms with Gasteiger partial charge < -0.3 is 10.5 Å². The van der Waals surface area contributed by atoms with Crippen molar-refractivity contribution >= 4 is 32.2 Å². The third kappa shape index (κ3) is 2.65. The zero-order valence-corrected chi connectivity index (χ0v) is 12.4. The molecule has 2 N–H and O–H groups in total. The van der Waals surface area contributed by atoms with Crippen molar-refractivity contribution in [2.24, 2.45) is 5.73 Å². The van der Waals surface area contributed by atoms with Gasteiger partial charge in [-0.2, -0.15) is 0 Å². The van der Waals surface area contributed by atoms with E-state index in [2.05, 4.69) is 20.9 Å². The van der Waals surface area contributed by atoms with Crippen LogP contribution in [0, 0.1) is 0 Å². The highest BCUT2D eigenvalue weighted by atomic mass is 79.9. The molecule has 0 fully saturated rings. The van der Waals surface area contributed by atoms with Crippen molar-refractivity contribution in [2.75, 3.05) is 0 Å². The van der Waals surface area contributed by atoms with Gasteiger partial charge in [-0.25, -0.2) is 4.98 Å². The molecule has 2 aromatic heterocycles. The summed E-state index contributed by atoms with van der Waals surface area (Å²) in [5, 5.41) is 2.01. The van der Waals surface area contributed by atoms with Gasteiger partial charge in [-0.1, -0.05) is 6.07 Å². The molecule has 3 rings (SSSR count). The van der Waals surface area contributed by atoms with E-state index in [4.69, 9.17) is 10.5 Å². The molecule has 0 unspecified atom stereocenters. The van der Waals surface area contributed by atoms with Crippen molar-refractivity contribution in [3.8, 4) is 5.75 Å². The molecule has 0 saturated carbocycles. The average Bonchev–Trinajstić information content (AvgIpc) is 2.98. The van der Waals surface area contributed by atoms with Crippen molar-refractivity contribution < 1.29 is 4.74 Å². The lowest BCUT2D eigenvalue weighted by Gasteiger charge is -2.07. The second-order valence-corrected chi connectivity index (χ2v) is 5.81. The van der Waals surface area contributed by atoms with Crippen LogP contribution >= 0.6 is 27.3 Å². The highest BCUT2D eigenvalue weighted by molar-refractivity contribution is 9.10. The van der Waals surface area contributed by atoms with Crippen LogP contribution in [0.5, 0.6) is 5.75 Å². The summed E-state index contributed by atoms with van der Waals surface area (Å²) in [5.74, 6) is 0.800. The Morgan fingerprint density at radius 2 is 2.32 bits per heavy atom. The van der Waals surface area contributed by atoms with Crippen LogP contribution in [0.4, 0.5) is 0 Å². The minimum absolute atomic E-state index is 0.453. The summed E-state index contributed by atoms with van der Waals surface area (Å²) in [5.41, 5.74) is 7.58. The fraction of sp³-hybridized carbons (Fsp3) is 0.154. The van der Waals surface area contributed by atoms with E-state index in [0.29, 0.717) is 13.2 Å². The first-order chi connectivity index (χ1) is 9.26. The first-order valence-corrected chi connectivity index (χ1v) is 7.46. The van der Waals surface area contributed by atoms with Crippen LogP contribution in [0.15, 0.2) is 40.4 Å². The summed E-state index contributed by atoms with van der Waals surface area (Å²) in [6.07, 6.45) is 3.97. The largest absolute Gasteiger partial charge is 0.486 e. The monoisotopic (exact) mass is 337 g/mol. The topological polar surface area (TPSA) is 52.5 Å². The van der Waals surface area contributed by atoms with E-state index in [0.717, 1.165) is 26.4 Å². The second-order valence-electron chi connectivity index (χ2n) is 4.08. The lowest BCUT2D eigenvalue weighted by molar-refractivity contribution is 0.300. The number of rotatable bonds is 4. The predicted octanol–water partition coefficient (Wildman–Crippen LogP) is 3.20. The number of nitrogens with zero attached hydrogens (tertiary/aromatic N) is 2. The van der Waals surface area contributed by atoms with E-state index < -0.39 is 0 Å². The molecule has 3 aromatic rings. The van der Waals surface area contributed by atoms with Crippen LogP contribution in [0.2, 0.25) is 0 Å². The molecule has 0 atom stereocenters. The number of hydrogen-bond donors (Lipinski definition) is 1. The minimum Gasteiger partial charge on any atom is -0.486 e. The molecule has 0 aliphatic rings. The molecular formula is C13H12BrN3OS. The summed E-state index contributed by atoms with van der Waals surface area (Å²) in [6, 6.07) is 5.86. The Bertz CT molecular complexity index is 678. The maximum atomic E-state index is 5.76. The van der Waals surface area contributed by atoms with Crippen molar-refractivity contribution in [2.45, 2.75) is 13.2 Å². The summed E-state index contributed by atoms with van der Waals surface area (Å²) in [6.45, 7) is 0.977. The Hall–Kier alpha value is -1.37. The first kappa shape index (κ1) is 12.7. The van der Waals surface area contributed by atoms with Crippen molar-refractivity contribution in [3.05, 3.63) is 51.7 Å². The maximum absolute atomic E-state index is 5.76. The van der Waals surface area contributed by atoms with Gasteiger partial charge >= 0.3 is 0 Å². The van der Waals surface area contributed by atoms with E-state index in [1.54, 1.807) is 11.3 Å². The van der Waals surface area contributed by atoms with Gasteiger partial charge in [0.25, 0.3) is 0 Å². The normalized spacial score (nSPS) is 11.1. The Morgan fingerprint density at radius 3 is 3.05 bits per heavy atom. The smallest absolute Gasteiger partial charge is 0.193 e. The van der Waals surface area contributed by atoms with Gasteiger partial charge in [0, 0.05) is 24.3 Å². The van der Waals surface area contributed by atoms with Gasteiger partial charge in [-0.05, 0) is 33.6 Å². The summed E-state index contributed by atoms with van der Waals surface area (Å²) >= 11 is 5.10. The van der Waals surface area contributed by atoms with E-state index in [1.165, 1.54) is 0 Å². The molecule has 4 nitrogen and oxygen atoms in total. The number of hydrogen-bond acceptors (Lipinski definition) is 4. The van der Waals surface area contributed by atoms with Gasteiger partial charge in [0.05, 0.1) is 10.2 Å². The SMILES string of the molecule is NCc1ccc(OCc2cn3ccsc3n2)c(Br)c1. The van der Waals surface area contributed by atoms with Gasteiger partial charge in [0.1, 0.15) is 12.4 Å². The molecule has 0 bridgehead atoms. The van der Waals surface area contributed by atoms with Crippen molar-refractivity contribution in [3.63, 3.8) is 0 Å². The fourth-order valence-electron chi connectivity index (χ4n) is 1.79. The molecule has 0 aliphatic heterocycles. The summed E-state index contributed by atoms with van der Waals surface area (Å²) in [4.78, 5) is 5.45. The molecule has 19 heavy (non-hydrogen) atoms. The van der Waals surface area contributed by atoms with Crippen LogP contribution in [0.1, 0.15) is 11.3 Å². The zero-order valence-electron chi connectivity index (χ0n) is 10.0. The maximum Gasteiger partial charge on any atom is 0.193 e. The third-order valence-corrected chi connectivity index (χ3v) is 4.14. The number of aromatic nitrogens is 2. The van der Waals surface area contributed by atoms with Crippen LogP contribution in [0.25, 0.3) is 4.96 Å². The summed E-state index contributed by atoms with van der Waals surface area (Å²) in [7, 11) is 0. The third-order valence-electron chi connectivity index (χ3n) is 2.75. The van der Waals surface area contributed by atoms with Crippen LogP contribution < -0.4 is 10.5 Å². The molecule has 98 valence electrons. The van der Waals surface area contributed by atoms with E-state index in [9.17, 15) is 0 Å². The number of benzene rings is 1. The number of imidazole rings is 1. The van der Waals surface area contributed by atoms with Crippen molar-refractivity contribution in [1.29, 1.82) is 0 Å². The lowest BCUT2D eigenvalue weighted by atomic mass is 10.2. The number of halogens is 1. The molecule has 6 heteroatoms. The van der Waals surface area contributed by atoms with Crippen molar-refractivity contribution in [1.82, 2.24) is 9.38 Å². The van der Waals surface area contributed by atoms with Gasteiger partial charge in [-0.3, -0.25) is 4.40 Å². The Morgan fingerprint density at radius 1 is 1.42 bits per heavy atom. The summed E-state index contributed by atoms with van der Waals surface area (Å²) < 4.78 is 8.67.